The van der Waals surface area contributed by atoms with Gasteiger partial charge < -0.3 is 20.7 Å². The molecule has 0 aromatic carbocycles. The number of amides is 2. The molecule has 3 N–H and O–H groups in total. The Labute approximate surface area is 111 Å². The molecule has 0 saturated heterocycles. The Kier molecular flexibility index (Phi) is 6.31. The van der Waals surface area contributed by atoms with Gasteiger partial charge in [0.15, 0.2) is 0 Å². The lowest BCUT2D eigenvalue weighted by atomic mass is 10.2. The van der Waals surface area contributed by atoms with E-state index in [0.717, 1.165) is 0 Å². The van der Waals surface area contributed by atoms with E-state index in [4.69, 9.17) is 4.74 Å². The first-order chi connectivity index (χ1) is 9.19. The molecule has 1 rings (SSSR count). The zero-order valence-electron chi connectivity index (χ0n) is 11.0. The number of pyridine rings is 1. The van der Waals surface area contributed by atoms with E-state index in [9.17, 15) is 9.59 Å². The first-order valence-electron chi connectivity index (χ1n) is 5.85. The van der Waals surface area contributed by atoms with Gasteiger partial charge in [-0.1, -0.05) is 0 Å². The maximum Gasteiger partial charge on any atom is 0.255 e. The van der Waals surface area contributed by atoms with E-state index in [1.165, 1.54) is 0 Å². The molecular formula is C12H18N4O3. The van der Waals surface area contributed by atoms with Gasteiger partial charge in [0, 0.05) is 26.9 Å². The Morgan fingerprint density at radius 2 is 2.16 bits per heavy atom. The second-order valence-corrected chi connectivity index (χ2v) is 3.67. The number of carbonyl (C=O) groups excluding carboxylic acids is 2. The number of methoxy groups -OCH3 is 1. The van der Waals surface area contributed by atoms with Crippen LogP contribution >= 0.6 is 0 Å². The minimum atomic E-state index is -0.348. The molecule has 7 heteroatoms. The molecule has 1 aromatic rings. The highest BCUT2D eigenvalue weighted by Crippen LogP contribution is 2.09. The van der Waals surface area contributed by atoms with Crippen molar-refractivity contribution in [2.45, 2.75) is 0 Å². The largest absolute Gasteiger partial charge is 0.383 e. The summed E-state index contributed by atoms with van der Waals surface area (Å²) in [6.45, 7) is 0.770. The molecule has 0 spiro atoms. The van der Waals surface area contributed by atoms with Gasteiger partial charge in [-0.05, 0) is 12.1 Å². The van der Waals surface area contributed by atoms with Crippen LogP contribution in [0, 0.1) is 0 Å². The van der Waals surface area contributed by atoms with Crippen LogP contribution in [0.15, 0.2) is 18.3 Å². The van der Waals surface area contributed by atoms with Gasteiger partial charge in [0.25, 0.3) is 5.91 Å². The normalized spacial score (nSPS) is 9.79. The smallest absolute Gasteiger partial charge is 0.255 e. The van der Waals surface area contributed by atoms with Crippen molar-refractivity contribution < 1.29 is 14.3 Å². The molecule has 2 amide bonds. The summed E-state index contributed by atoms with van der Waals surface area (Å²) in [4.78, 5) is 27.3. The predicted octanol–water partition coefficient (Wildman–Crippen LogP) is -0.384. The van der Waals surface area contributed by atoms with Gasteiger partial charge in [0.2, 0.25) is 5.91 Å². The summed E-state index contributed by atoms with van der Waals surface area (Å²) >= 11 is 0. The Hall–Kier alpha value is -2.15. The van der Waals surface area contributed by atoms with Crippen LogP contribution < -0.4 is 16.0 Å². The van der Waals surface area contributed by atoms with E-state index in [1.807, 2.05) is 0 Å². The van der Waals surface area contributed by atoms with Crippen molar-refractivity contribution in [1.82, 2.24) is 15.6 Å². The zero-order chi connectivity index (χ0) is 14.1. The van der Waals surface area contributed by atoms with Gasteiger partial charge >= 0.3 is 0 Å². The van der Waals surface area contributed by atoms with E-state index < -0.39 is 0 Å². The lowest BCUT2D eigenvalue weighted by Gasteiger charge is -2.09. The van der Waals surface area contributed by atoms with Crippen LogP contribution in [0.3, 0.4) is 0 Å². The standard InChI is InChI=1S/C12H18N4O3/c1-13-11-9(4-3-5-15-11)12(18)16-8-10(17)14-6-7-19-2/h3-5H,6-8H2,1-2H3,(H,13,15)(H,14,17)(H,16,18). The Morgan fingerprint density at radius 1 is 1.37 bits per heavy atom. The van der Waals surface area contributed by atoms with E-state index in [-0.39, 0.29) is 18.4 Å². The molecule has 0 unspecified atom stereocenters. The molecule has 0 saturated carbocycles. The summed E-state index contributed by atoms with van der Waals surface area (Å²) in [5.41, 5.74) is 0.398. The van der Waals surface area contributed by atoms with Crippen molar-refractivity contribution in [2.24, 2.45) is 0 Å². The number of rotatable bonds is 7. The van der Waals surface area contributed by atoms with Crippen LogP contribution in [-0.2, 0) is 9.53 Å². The molecule has 0 atom stereocenters. The highest BCUT2D eigenvalue weighted by atomic mass is 16.5. The summed E-state index contributed by atoms with van der Waals surface area (Å²) < 4.78 is 4.80. The number of ether oxygens (including phenoxy) is 1. The summed E-state index contributed by atoms with van der Waals surface area (Å²) in [5.74, 6) is -0.139. The van der Waals surface area contributed by atoms with Gasteiger partial charge in [-0.3, -0.25) is 9.59 Å². The molecule has 1 heterocycles. The monoisotopic (exact) mass is 266 g/mol. The second-order valence-electron chi connectivity index (χ2n) is 3.67. The van der Waals surface area contributed by atoms with Crippen molar-refractivity contribution in [3.63, 3.8) is 0 Å². The van der Waals surface area contributed by atoms with Gasteiger partial charge in [-0.25, -0.2) is 4.98 Å². The molecule has 0 aliphatic rings. The minimum Gasteiger partial charge on any atom is -0.383 e. The number of hydrogen-bond acceptors (Lipinski definition) is 5. The molecule has 0 aliphatic carbocycles. The summed E-state index contributed by atoms with van der Waals surface area (Å²) in [7, 11) is 3.23. The molecule has 7 nitrogen and oxygen atoms in total. The molecule has 104 valence electrons. The number of hydrogen-bond donors (Lipinski definition) is 3. The third-order valence-electron chi connectivity index (χ3n) is 2.33. The summed E-state index contributed by atoms with van der Waals surface area (Å²) in [5, 5.41) is 7.95. The molecule has 19 heavy (non-hydrogen) atoms. The highest BCUT2D eigenvalue weighted by molar-refractivity contribution is 6.00. The molecule has 0 fully saturated rings. The van der Waals surface area contributed by atoms with E-state index >= 15 is 0 Å². The van der Waals surface area contributed by atoms with Crippen LogP contribution in [0.1, 0.15) is 10.4 Å². The fourth-order valence-electron chi connectivity index (χ4n) is 1.40. The fourth-order valence-corrected chi connectivity index (χ4v) is 1.40. The number of aromatic nitrogens is 1. The Balaban J connectivity index is 2.44. The molecule has 0 radical (unpaired) electrons. The Morgan fingerprint density at radius 3 is 2.84 bits per heavy atom. The van der Waals surface area contributed by atoms with Gasteiger partial charge in [-0.2, -0.15) is 0 Å². The van der Waals surface area contributed by atoms with Crippen LogP contribution in [0.25, 0.3) is 0 Å². The predicted molar refractivity (Wildman–Crippen MR) is 71.0 cm³/mol. The van der Waals surface area contributed by atoms with E-state index in [1.54, 1.807) is 32.5 Å². The van der Waals surface area contributed by atoms with Gasteiger partial charge in [-0.15, -0.1) is 0 Å². The van der Waals surface area contributed by atoms with Gasteiger partial charge in [0.1, 0.15) is 5.82 Å². The van der Waals surface area contributed by atoms with E-state index in [2.05, 4.69) is 20.9 Å². The van der Waals surface area contributed by atoms with Crippen molar-refractivity contribution in [3.05, 3.63) is 23.9 Å². The zero-order valence-corrected chi connectivity index (χ0v) is 11.0. The molecular weight excluding hydrogens is 248 g/mol. The molecule has 0 aliphatic heterocycles. The van der Waals surface area contributed by atoms with Crippen LogP contribution in [0.2, 0.25) is 0 Å². The van der Waals surface area contributed by atoms with Crippen LogP contribution in [0.4, 0.5) is 5.82 Å². The topological polar surface area (TPSA) is 92.4 Å². The summed E-state index contributed by atoms with van der Waals surface area (Å²) in [6.07, 6.45) is 1.58. The van der Waals surface area contributed by atoms with Crippen molar-refractivity contribution in [3.8, 4) is 0 Å². The quantitative estimate of drug-likeness (QED) is 0.585. The van der Waals surface area contributed by atoms with Crippen LogP contribution in [0.5, 0.6) is 0 Å². The average molecular weight is 266 g/mol. The van der Waals surface area contributed by atoms with Crippen molar-refractivity contribution in [2.75, 3.05) is 39.2 Å². The number of nitrogens with one attached hydrogen (secondary N) is 3. The molecule has 0 bridgehead atoms. The maximum absolute atomic E-state index is 11.9. The maximum atomic E-state index is 11.9. The number of carbonyl (C=O) groups is 2. The highest BCUT2D eigenvalue weighted by Gasteiger charge is 2.11. The first kappa shape index (κ1) is 14.9. The van der Waals surface area contributed by atoms with Crippen LogP contribution in [-0.4, -0.2) is 50.7 Å². The Bertz CT molecular complexity index is 437. The second kappa shape index (κ2) is 8.04. The number of nitrogens with zero attached hydrogens (tertiary/aromatic N) is 1. The van der Waals surface area contributed by atoms with E-state index in [0.29, 0.717) is 24.5 Å². The third-order valence-corrected chi connectivity index (χ3v) is 2.33. The minimum absolute atomic E-state index is 0.0827. The van der Waals surface area contributed by atoms with Gasteiger partial charge in [0.05, 0.1) is 18.7 Å². The SMILES string of the molecule is CNc1ncccc1C(=O)NCC(=O)NCCOC. The number of anilines is 1. The molecule has 1 aromatic heterocycles. The fraction of sp³-hybridized carbons (Fsp3) is 0.417. The average Bonchev–Trinajstić information content (AvgIpc) is 2.45. The lowest BCUT2D eigenvalue weighted by molar-refractivity contribution is -0.120. The third kappa shape index (κ3) is 4.92. The lowest BCUT2D eigenvalue weighted by Crippen LogP contribution is -2.38. The first-order valence-corrected chi connectivity index (χ1v) is 5.85. The summed E-state index contributed by atoms with van der Waals surface area (Å²) in [6, 6.07) is 3.30. The van der Waals surface area contributed by atoms with Crippen molar-refractivity contribution >= 4 is 17.6 Å². The van der Waals surface area contributed by atoms with Crippen molar-refractivity contribution in [1.29, 1.82) is 0 Å².